The molecular formula is C20H16FN5O3S. The third kappa shape index (κ3) is 3.85. The van der Waals surface area contributed by atoms with E-state index in [0.717, 1.165) is 5.39 Å². The Morgan fingerprint density at radius 2 is 1.73 bits per heavy atom. The Morgan fingerprint density at radius 3 is 2.43 bits per heavy atom. The fourth-order valence-corrected chi connectivity index (χ4v) is 3.92. The van der Waals surface area contributed by atoms with Crippen LogP contribution in [0.1, 0.15) is 10.5 Å². The molecule has 2 heterocycles. The van der Waals surface area contributed by atoms with Gasteiger partial charge in [0, 0.05) is 30.5 Å². The van der Waals surface area contributed by atoms with Crippen molar-refractivity contribution in [3.63, 3.8) is 0 Å². The summed E-state index contributed by atoms with van der Waals surface area (Å²) in [4.78, 5) is 20.3. The molecule has 4 aromatic rings. The van der Waals surface area contributed by atoms with E-state index in [1.165, 1.54) is 48.8 Å². The number of hydrogen-bond donors (Lipinski definition) is 2. The first-order valence-corrected chi connectivity index (χ1v) is 10.3. The summed E-state index contributed by atoms with van der Waals surface area (Å²) in [6.07, 6.45) is 2.84. The molecule has 0 saturated heterocycles. The van der Waals surface area contributed by atoms with Crippen molar-refractivity contribution in [1.29, 1.82) is 0 Å². The number of anilines is 2. The third-order valence-electron chi connectivity index (χ3n) is 4.45. The number of benzene rings is 2. The molecule has 0 saturated carbocycles. The number of nitrogens with one attached hydrogen (secondary N) is 2. The first kappa shape index (κ1) is 19.5. The fourth-order valence-electron chi connectivity index (χ4n) is 2.96. The third-order valence-corrected chi connectivity index (χ3v) is 5.80. The van der Waals surface area contributed by atoms with Crippen LogP contribution in [-0.4, -0.2) is 28.9 Å². The van der Waals surface area contributed by atoms with Crippen molar-refractivity contribution in [2.75, 3.05) is 10.0 Å². The number of carbonyl (C=O) groups is 1. The molecule has 0 aliphatic rings. The second-order valence-corrected chi connectivity index (χ2v) is 8.13. The maximum atomic E-state index is 13.5. The van der Waals surface area contributed by atoms with Gasteiger partial charge in [-0.2, -0.15) is 0 Å². The molecule has 0 aliphatic heterocycles. The Labute approximate surface area is 171 Å². The van der Waals surface area contributed by atoms with E-state index in [2.05, 4.69) is 20.0 Å². The summed E-state index contributed by atoms with van der Waals surface area (Å²) in [5, 5.41) is 3.45. The normalized spacial score (nSPS) is 11.4. The Morgan fingerprint density at radius 1 is 1.03 bits per heavy atom. The highest BCUT2D eigenvalue weighted by Gasteiger charge is 2.17. The number of sulfonamides is 1. The predicted octanol–water partition coefficient (Wildman–Crippen LogP) is 3.16. The topological polar surface area (TPSA) is 106 Å². The van der Waals surface area contributed by atoms with E-state index in [1.807, 2.05) is 0 Å². The van der Waals surface area contributed by atoms with E-state index in [4.69, 9.17) is 0 Å². The standard InChI is InChI=1S/C20H16FN5O3S/c1-26-17-12-14(21)4-3-13(17)11-18(26)19(27)24-15-5-7-16(8-6-15)30(28,29)25-20-22-9-2-10-23-20/h2-12H,1H3,(H,24,27)(H,22,23,25). The average molecular weight is 425 g/mol. The van der Waals surface area contributed by atoms with Crippen LogP contribution in [0.4, 0.5) is 16.0 Å². The molecule has 0 bridgehead atoms. The van der Waals surface area contributed by atoms with Crippen LogP contribution < -0.4 is 10.0 Å². The highest BCUT2D eigenvalue weighted by Crippen LogP contribution is 2.22. The average Bonchev–Trinajstić information content (AvgIpc) is 3.05. The minimum atomic E-state index is -3.87. The van der Waals surface area contributed by atoms with Crippen molar-refractivity contribution in [2.24, 2.45) is 7.05 Å². The zero-order chi connectivity index (χ0) is 21.3. The lowest BCUT2D eigenvalue weighted by Crippen LogP contribution is -2.16. The van der Waals surface area contributed by atoms with E-state index in [1.54, 1.807) is 29.8 Å². The number of aromatic nitrogens is 3. The summed E-state index contributed by atoms with van der Waals surface area (Å²) in [6.45, 7) is 0. The molecule has 152 valence electrons. The van der Waals surface area contributed by atoms with Crippen molar-refractivity contribution in [1.82, 2.24) is 14.5 Å². The molecule has 0 fully saturated rings. The Kier molecular flexibility index (Phi) is 4.92. The minimum Gasteiger partial charge on any atom is -0.340 e. The van der Waals surface area contributed by atoms with Gasteiger partial charge in [-0.15, -0.1) is 0 Å². The highest BCUT2D eigenvalue weighted by molar-refractivity contribution is 7.92. The molecular weight excluding hydrogens is 409 g/mol. The number of carbonyl (C=O) groups excluding carboxylic acids is 1. The van der Waals surface area contributed by atoms with E-state index in [0.29, 0.717) is 16.9 Å². The number of hydrogen-bond acceptors (Lipinski definition) is 5. The summed E-state index contributed by atoms with van der Waals surface area (Å²) in [7, 11) is -2.20. The molecule has 0 atom stereocenters. The molecule has 0 radical (unpaired) electrons. The fraction of sp³-hybridized carbons (Fsp3) is 0.0500. The second-order valence-electron chi connectivity index (χ2n) is 6.45. The zero-order valence-corrected chi connectivity index (χ0v) is 16.5. The number of fused-ring (bicyclic) bond motifs is 1. The number of aryl methyl sites for hydroxylation is 1. The van der Waals surface area contributed by atoms with Gasteiger partial charge in [-0.3, -0.25) is 4.79 Å². The van der Waals surface area contributed by atoms with Crippen LogP contribution >= 0.6 is 0 Å². The first-order chi connectivity index (χ1) is 14.3. The summed E-state index contributed by atoms with van der Waals surface area (Å²) < 4.78 is 42.2. The lowest BCUT2D eigenvalue weighted by Gasteiger charge is -2.09. The van der Waals surface area contributed by atoms with Gasteiger partial charge in [-0.25, -0.2) is 27.5 Å². The molecule has 0 spiro atoms. The number of amides is 1. The number of halogens is 1. The van der Waals surface area contributed by atoms with E-state index in [-0.39, 0.29) is 16.7 Å². The van der Waals surface area contributed by atoms with Gasteiger partial charge in [0.15, 0.2) is 0 Å². The number of rotatable bonds is 5. The van der Waals surface area contributed by atoms with Crippen molar-refractivity contribution in [3.05, 3.63) is 78.5 Å². The van der Waals surface area contributed by atoms with Gasteiger partial charge in [0.25, 0.3) is 15.9 Å². The number of nitrogens with zero attached hydrogens (tertiary/aromatic N) is 3. The van der Waals surface area contributed by atoms with E-state index < -0.39 is 15.9 Å². The van der Waals surface area contributed by atoms with Gasteiger partial charge < -0.3 is 9.88 Å². The Balaban J connectivity index is 1.52. The zero-order valence-electron chi connectivity index (χ0n) is 15.7. The SMILES string of the molecule is Cn1c(C(=O)Nc2ccc(S(=O)(=O)Nc3ncccn3)cc2)cc2ccc(F)cc21. The van der Waals surface area contributed by atoms with Gasteiger partial charge in [0.2, 0.25) is 5.95 Å². The molecule has 0 unspecified atom stereocenters. The molecule has 2 aromatic heterocycles. The monoisotopic (exact) mass is 425 g/mol. The van der Waals surface area contributed by atoms with Crippen LogP contribution in [0.5, 0.6) is 0 Å². The summed E-state index contributed by atoms with van der Waals surface area (Å²) in [5.74, 6) is -0.829. The van der Waals surface area contributed by atoms with Gasteiger partial charge >= 0.3 is 0 Å². The van der Waals surface area contributed by atoms with Crippen molar-refractivity contribution in [3.8, 4) is 0 Å². The van der Waals surface area contributed by atoms with Crippen LogP contribution in [0.25, 0.3) is 10.9 Å². The largest absolute Gasteiger partial charge is 0.340 e. The molecule has 30 heavy (non-hydrogen) atoms. The van der Waals surface area contributed by atoms with Crippen LogP contribution in [0.15, 0.2) is 71.9 Å². The molecule has 8 nitrogen and oxygen atoms in total. The highest BCUT2D eigenvalue weighted by atomic mass is 32.2. The van der Waals surface area contributed by atoms with E-state index in [9.17, 15) is 17.6 Å². The van der Waals surface area contributed by atoms with Gasteiger partial charge in [-0.1, -0.05) is 0 Å². The molecule has 2 aromatic carbocycles. The molecule has 10 heteroatoms. The maximum absolute atomic E-state index is 13.5. The summed E-state index contributed by atoms with van der Waals surface area (Å²) >= 11 is 0. The second kappa shape index (κ2) is 7.56. The molecule has 1 amide bonds. The van der Waals surface area contributed by atoms with Gasteiger partial charge in [0.1, 0.15) is 11.5 Å². The van der Waals surface area contributed by atoms with Crippen molar-refractivity contribution < 1.29 is 17.6 Å². The van der Waals surface area contributed by atoms with Crippen LogP contribution in [0.2, 0.25) is 0 Å². The predicted molar refractivity (Wildman–Crippen MR) is 110 cm³/mol. The van der Waals surface area contributed by atoms with Gasteiger partial charge in [-0.05, 0) is 54.6 Å². The molecule has 4 rings (SSSR count). The maximum Gasteiger partial charge on any atom is 0.272 e. The lowest BCUT2D eigenvalue weighted by atomic mass is 10.2. The van der Waals surface area contributed by atoms with Gasteiger partial charge in [0.05, 0.1) is 10.4 Å². The summed E-state index contributed by atoms with van der Waals surface area (Å²) in [5.41, 5.74) is 1.34. The quantitative estimate of drug-likeness (QED) is 0.511. The first-order valence-electron chi connectivity index (χ1n) is 8.80. The Bertz CT molecular complexity index is 1340. The van der Waals surface area contributed by atoms with Crippen molar-refractivity contribution >= 4 is 38.5 Å². The van der Waals surface area contributed by atoms with Crippen LogP contribution in [-0.2, 0) is 17.1 Å². The minimum absolute atomic E-state index is 0.00645. The summed E-state index contributed by atoms with van der Waals surface area (Å²) in [6, 6.07) is 13.2. The van der Waals surface area contributed by atoms with E-state index >= 15 is 0 Å². The van der Waals surface area contributed by atoms with Crippen LogP contribution in [0, 0.1) is 5.82 Å². The molecule has 2 N–H and O–H groups in total. The van der Waals surface area contributed by atoms with Crippen LogP contribution in [0.3, 0.4) is 0 Å². The smallest absolute Gasteiger partial charge is 0.272 e. The molecule has 0 aliphatic carbocycles. The lowest BCUT2D eigenvalue weighted by molar-refractivity contribution is 0.101. The Hall–Kier alpha value is -3.79. The van der Waals surface area contributed by atoms with Crippen molar-refractivity contribution in [2.45, 2.75) is 4.90 Å².